The first-order chi connectivity index (χ1) is 5.97. The van der Waals surface area contributed by atoms with Crippen LogP contribution in [0.4, 0.5) is 0 Å². The fraction of sp³-hybridized carbons (Fsp3) is 0.778. The van der Waals surface area contributed by atoms with Crippen LogP contribution in [-0.2, 0) is 5.41 Å². The fourth-order valence-corrected chi connectivity index (χ4v) is 0.843. The maximum atomic E-state index is 5.62. The third-order valence-corrected chi connectivity index (χ3v) is 2.29. The lowest BCUT2D eigenvalue weighted by atomic mass is 9.90. The van der Waals surface area contributed by atoms with Crippen LogP contribution in [0.2, 0.25) is 0 Å². The van der Waals surface area contributed by atoms with Gasteiger partial charge in [-0.05, 0) is 13.3 Å². The molecule has 0 aliphatic rings. The molecule has 74 valence electrons. The van der Waals surface area contributed by atoms with E-state index < -0.39 is 0 Å². The van der Waals surface area contributed by atoms with Gasteiger partial charge in [0.05, 0.1) is 6.04 Å². The minimum atomic E-state index is -0.186. The third-order valence-electron chi connectivity index (χ3n) is 2.29. The molecule has 1 atom stereocenters. The number of hydrogen-bond acceptors (Lipinski definition) is 4. The van der Waals surface area contributed by atoms with Crippen LogP contribution in [0.3, 0.4) is 0 Å². The molecule has 13 heavy (non-hydrogen) atoms. The van der Waals surface area contributed by atoms with Crippen LogP contribution >= 0.6 is 0 Å². The molecule has 0 aliphatic heterocycles. The van der Waals surface area contributed by atoms with Gasteiger partial charge in [-0.2, -0.15) is 0 Å². The molecule has 4 heteroatoms. The van der Waals surface area contributed by atoms with Gasteiger partial charge in [-0.3, -0.25) is 0 Å². The van der Waals surface area contributed by atoms with Gasteiger partial charge >= 0.3 is 0 Å². The number of rotatable bonds is 3. The molecule has 0 saturated heterocycles. The number of nitrogens with zero attached hydrogens (tertiary/aromatic N) is 2. The van der Waals surface area contributed by atoms with Gasteiger partial charge in [0.2, 0.25) is 11.8 Å². The summed E-state index contributed by atoms with van der Waals surface area (Å²) in [5.74, 6) is 1.18. The molecule has 0 spiro atoms. The van der Waals surface area contributed by atoms with Gasteiger partial charge in [0, 0.05) is 5.41 Å². The Balaban J connectivity index is 2.91. The van der Waals surface area contributed by atoms with Gasteiger partial charge in [0.15, 0.2) is 0 Å². The molecule has 0 bridgehead atoms. The Morgan fingerprint density at radius 1 is 1.46 bits per heavy atom. The molecular weight excluding hydrogens is 166 g/mol. The highest BCUT2D eigenvalue weighted by Crippen LogP contribution is 2.25. The normalized spacial score (nSPS) is 14.5. The molecule has 0 aliphatic carbocycles. The zero-order chi connectivity index (χ0) is 10.1. The van der Waals surface area contributed by atoms with E-state index in [1.165, 1.54) is 0 Å². The highest BCUT2D eigenvalue weighted by molar-refractivity contribution is 4.99. The van der Waals surface area contributed by atoms with Gasteiger partial charge in [-0.1, -0.05) is 20.8 Å². The Hall–Kier alpha value is -0.900. The second kappa shape index (κ2) is 3.46. The van der Waals surface area contributed by atoms with Gasteiger partial charge < -0.3 is 10.2 Å². The predicted molar refractivity (Wildman–Crippen MR) is 50.2 cm³/mol. The molecule has 0 aromatic carbocycles. The summed E-state index contributed by atoms with van der Waals surface area (Å²) in [7, 11) is 0. The molecule has 1 aromatic heterocycles. The zero-order valence-corrected chi connectivity index (χ0v) is 8.66. The van der Waals surface area contributed by atoms with E-state index in [9.17, 15) is 0 Å². The number of hydrogen-bond donors (Lipinski definition) is 1. The highest BCUT2D eigenvalue weighted by Gasteiger charge is 2.25. The zero-order valence-electron chi connectivity index (χ0n) is 8.66. The Bertz CT molecular complexity index is 278. The third kappa shape index (κ3) is 2.06. The summed E-state index contributed by atoms with van der Waals surface area (Å²) in [6.45, 7) is 8.07. The van der Waals surface area contributed by atoms with Gasteiger partial charge in [0.25, 0.3) is 0 Å². The molecule has 2 N–H and O–H groups in total. The Labute approximate surface area is 78.5 Å². The van der Waals surface area contributed by atoms with Crippen LogP contribution in [-0.4, -0.2) is 10.2 Å². The Kier molecular flexibility index (Phi) is 2.71. The first-order valence-electron chi connectivity index (χ1n) is 4.57. The molecule has 0 fully saturated rings. The molecule has 1 unspecified atom stereocenters. The summed E-state index contributed by atoms with van der Waals surface area (Å²) >= 11 is 0. The van der Waals surface area contributed by atoms with Crippen molar-refractivity contribution in [2.45, 2.75) is 45.6 Å². The lowest BCUT2D eigenvalue weighted by Gasteiger charge is -2.16. The molecule has 0 radical (unpaired) electrons. The lowest BCUT2D eigenvalue weighted by Crippen LogP contribution is -2.15. The van der Waals surface area contributed by atoms with E-state index in [-0.39, 0.29) is 11.5 Å². The fourth-order valence-electron chi connectivity index (χ4n) is 0.843. The van der Waals surface area contributed by atoms with Crippen molar-refractivity contribution in [2.75, 3.05) is 0 Å². The summed E-state index contributed by atoms with van der Waals surface area (Å²) in [6.07, 6.45) is 0.966. The van der Waals surface area contributed by atoms with E-state index in [0.717, 1.165) is 6.42 Å². The van der Waals surface area contributed by atoms with Crippen molar-refractivity contribution in [2.24, 2.45) is 5.73 Å². The van der Waals surface area contributed by atoms with Crippen molar-refractivity contribution in [3.8, 4) is 0 Å². The van der Waals surface area contributed by atoms with Crippen molar-refractivity contribution in [3.63, 3.8) is 0 Å². The van der Waals surface area contributed by atoms with Crippen molar-refractivity contribution in [1.29, 1.82) is 0 Å². The van der Waals surface area contributed by atoms with Crippen LogP contribution in [0.15, 0.2) is 4.42 Å². The summed E-state index contributed by atoms with van der Waals surface area (Å²) < 4.78 is 5.45. The number of nitrogens with two attached hydrogens (primary N) is 1. The maximum absolute atomic E-state index is 5.62. The number of aromatic nitrogens is 2. The molecule has 1 rings (SSSR count). The van der Waals surface area contributed by atoms with Gasteiger partial charge in [-0.25, -0.2) is 0 Å². The Morgan fingerprint density at radius 2 is 2.08 bits per heavy atom. The van der Waals surface area contributed by atoms with Crippen molar-refractivity contribution >= 4 is 0 Å². The summed E-state index contributed by atoms with van der Waals surface area (Å²) in [5.41, 5.74) is 5.56. The van der Waals surface area contributed by atoms with Crippen molar-refractivity contribution in [1.82, 2.24) is 10.2 Å². The molecule has 0 amide bonds. The van der Waals surface area contributed by atoms with Crippen LogP contribution in [0, 0.1) is 0 Å². The SMILES string of the molecule is CCC(C)(C)c1nnc(C(C)N)o1. The van der Waals surface area contributed by atoms with E-state index in [1.54, 1.807) is 0 Å². The van der Waals surface area contributed by atoms with Crippen LogP contribution in [0.25, 0.3) is 0 Å². The van der Waals surface area contributed by atoms with E-state index in [4.69, 9.17) is 10.2 Å². The summed E-state index contributed by atoms with van der Waals surface area (Å²) in [6, 6.07) is -0.186. The lowest BCUT2D eigenvalue weighted by molar-refractivity contribution is 0.336. The van der Waals surface area contributed by atoms with Crippen LogP contribution in [0.1, 0.15) is 51.9 Å². The average molecular weight is 183 g/mol. The van der Waals surface area contributed by atoms with Crippen molar-refractivity contribution < 1.29 is 4.42 Å². The minimum Gasteiger partial charge on any atom is -0.423 e. The molecule has 1 aromatic rings. The molecule has 0 saturated carbocycles. The van der Waals surface area contributed by atoms with E-state index in [2.05, 4.69) is 31.0 Å². The average Bonchev–Trinajstić information content (AvgIpc) is 2.52. The predicted octanol–water partition coefficient (Wildman–Crippen LogP) is 1.78. The largest absolute Gasteiger partial charge is 0.423 e. The van der Waals surface area contributed by atoms with E-state index >= 15 is 0 Å². The topological polar surface area (TPSA) is 64.9 Å². The maximum Gasteiger partial charge on any atom is 0.232 e. The Morgan fingerprint density at radius 3 is 2.46 bits per heavy atom. The first-order valence-corrected chi connectivity index (χ1v) is 4.57. The van der Waals surface area contributed by atoms with Crippen molar-refractivity contribution in [3.05, 3.63) is 11.8 Å². The second-order valence-electron chi connectivity index (χ2n) is 3.97. The van der Waals surface area contributed by atoms with Gasteiger partial charge in [-0.15, -0.1) is 10.2 Å². The van der Waals surface area contributed by atoms with Gasteiger partial charge in [0.1, 0.15) is 0 Å². The molecule has 1 heterocycles. The second-order valence-corrected chi connectivity index (χ2v) is 3.97. The highest BCUT2D eigenvalue weighted by atomic mass is 16.4. The smallest absolute Gasteiger partial charge is 0.232 e. The molecule has 4 nitrogen and oxygen atoms in total. The van der Waals surface area contributed by atoms with E-state index in [1.807, 2.05) is 6.92 Å². The monoisotopic (exact) mass is 183 g/mol. The van der Waals surface area contributed by atoms with E-state index in [0.29, 0.717) is 11.8 Å². The quantitative estimate of drug-likeness (QED) is 0.775. The summed E-state index contributed by atoms with van der Waals surface area (Å²) in [4.78, 5) is 0. The van der Waals surface area contributed by atoms with Crippen LogP contribution < -0.4 is 5.73 Å². The minimum absolute atomic E-state index is 0.0554. The first kappa shape index (κ1) is 10.2. The molecular formula is C9H17N3O. The van der Waals surface area contributed by atoms with Crippen LogP contribution in [0.5, 0.6) is 0 Å². The standard InChI is InChI=1S/C9H17N3O/c1-5-9(3,4)8-12-11-7(13-8)6(2)10/h6H,5,10H2,1-4H3. The summed E-state index contributed by atoms with van der Waals surface area (Å²) in [5, 5.41) is 7.87.